The first-order valence-electron chi connectivity index (χ1n) is 5.09. The highest BCUT2D eigenvalue weighted by molar-refractivity contribution is 6.04. The summed E-state index contributed by atoms with van der Waals surface area (Å²) >= 11 is 0. The number of hydrogen-bond acceptors (Lipinski definition) is 10. The van der Waals surface area contributed by atoms with Gasteiger partial charge < -0.3 is 4.74 Å². The molecular weight excluding hydrogens is 260 g/mol. The average Bonchev–Trinajstić information content (AvgIpc) is 2.38. The molecule has 0 aromatic rings. The van der Waals surface area contributed by atoms with E-state index in [0.29, 0.717) is 0 Å². The topological polar surface area (TPSA) is 154 Å². The molecule has 0 bridgehead atoms. The fraction of sp³-hybridized carbons (Fsp3) is 0.750. The molecule has 3 N–H and O–H groups in total. The van der Waals surface area contributed by atoms with Crippen molar-refractivity contribution in [3.05, 3.63) is 0 Å². The predicted octanol–water partition coefficient (Wildman–Crippen LogP) is 1.64. The molecule has 0 amide bonds. The molecule has 1 heterocycles. The highest BCUT2D eigenvalue weighted by Gasteiger charge is 2.48. The minimum absolute atomic E-state index is 0.0885. The first-order valence-corrected chi connectivity index (χ1v) is 5.09. The number of amidine groups is 1. The first-order chi connectivity index (χ1) is 8.91. The lowest BCUT2D eigenvalue weighted by Crippen LogP contribution is -2.50. The van der Waals surface area contributed by atoms with Crippen molar-refractivity contribution in [3.63, 3.8) is 0 Å². The normalized spacial score (nSPS) is 31.6. The molecule has 0 spiro atoms. The van der Waals surface area contributed by atoms with E-state index in [4.69, 9.17) is 20.7 Å². The standard InChI is InChI=1S/C8H14N6O5/c1-7(11-13-18-15)4-8(2,12-14-19-16)6(17-3)10-5(7)9/h9,15-16H,4H2,1-3H3. The zero-order valence-electron chi connectivity index (χ0n) is 10.6. The highest BCUT2D eigenvalue weighted by Crippen LogP contribution is 2.35. The predicted molar refractivity (Wildman–Crippen MR) is 60.7 cm³/mol. The smallest absolute Gasteiger partial charge is 0.220 e. The molecule has 0 saturated heterocycles. The molecule has 0 aliphatic carbocycles. The summed E-state index contributed by atoms with van der Waals surface area (Å²) in [4.78, 5) is 11.0. The molecule has 19 heavy (non-hydrogen) atoms. The molecule has 1 aliphatic heterocycles. The van der Waals surface area contributed by atoms with Crippen LogP contribution in [0.5, 0.6) is 0 Å². The van der Waals surface area contributed by atoms with Crippen LogP contribution >= 0.6 is 0 Å². The van der Waals surface area contributed by atoms with Crippen molar-refractivity contribution in [1.29, 1.82) is 5.41 Å². The highest BCUT2D eigenvalue weighted by atomic mass is 17.2. The Morgan fingerprint density at radius 2 is 1.68 bits per heavy atom. The Kier molecular flexibility index (Phi) is 4.45. The third kappa shape index (κ3) is 3.00. The van der Waals surface area contributed by atoms with Crippen LogP contribution in [0, 0.1) is 5.41 Å². The van der Waals surface area contributed by atoms with E-state index in [2.05, 4.69) is 35.8 Å². The average molecular weight is 274 g/mol. The molecular formula is C8H14N6O5. The third-order valence-corrected chi connectivity index (χ3v) is 2.66. The summed E-state index contributed by atoms with van der Waals surface area (Å²) in [6.07, 6.45) is 0.0885. The summed E-state index contributed by atoms with van der Waals surface area (Å²) < 4.78 is 5.04. The van der Waals surface area contributed by atoms with Gasteiger partial charge in [0.15, 0.2) is 11.4 Å². The lowest BCUT2D eigenvalue weighted by atomic mass is 9.81. The van der Waals surface area contributed by atoms with Gasteiger partial charge in [-0.25, -0.2) is 9.98 Å². The molecule has 1 rings (SSSR count). The van der Waals surface area contributed by atoms with Crippen LogP contribution in [0.25, 0.3) is 0 Å². The summed E-state index contributed by atoms with van der Waals surface area (Å²) in [7, 11) is 1.36. The Hall–Kier alpha value is -2.14. The van der Waals surface area contributed by atoms with Crippen molar-refractivity contribution in [1.82, 2.24) is 0 Å². The Morgan fingerprint density at radius 1 is 1.16 bits per heavy atom. The molecule has 1 aliphatic rings. The molecule has 0 aromatic carbocycles. The molecule has 11 nitrogen and oxygen atoms in total. The maximum atomic E-state index is 8.22. The number of aliphatic imine (C=N–C) groups is 1. The van der Waals surface area contributed by atoms with Crippen molar-refractivity contribution in [2.75, 3.05) is 7.11 Å². The minimum Gasteiger partial charge on any atom is -0.482 e. The molecule has 11 heteroatoms. The molecule has 0 fully saturated rings. The molecule has 0 saturated carbocycles. The van der Waals surface area contributed by atoms with Gasteiger partial charge in [-0.05, 0) is 13.8 Å². The monoisotopic (exact) mass is 274 g/mol. The van der Waals surface area contributed by atoms with Gasteiger partial charge in [-0.3, -0.25) is 5.41 Å². The van der Waals surface area contributed by atoms with Crippen LogP contribution in [0.2, 0.25) is 0 Å². The van der Waals surface area contributed by atoms with Crippen LogP contribution in [0.3, 0.4) is 0 Å². The summed E-state index contributed by atoms with van der Waals surface area (Å²) in [5, 5.41) is 37.6. The number of rotatable bonds is 4. The van der Waals surface area contributed by atoms with Gasteiger partial charge in [0.25, 0.3) is 0 Å². The Labute approximate surface area is 107 Å². The van der Waals surface area contributed by atoms with Gasteiger partial charge in [0, 0.05) is 6.42 Å². The number of methoxy groups -OCH3 is 1. The molecule has 106 valence electrons. The van der Waals surface area contributed by atoms with Gasteiger partial charge in [-0.15, -0.1) is 10.2 Å². The summed E-state index contributed by atoms with van der Waals surface area (Å²) in [6.45, 7) is 3.14. The number of ether oxygens (including phenoxy) is 1. The summed E-state index contributed by atoms with van der Waals surface area (Å²) in [6, 6.07) is 0. The second-order valence-electron chi connectivity index (χ2n) is 4.22. The summed E-state index contributed by atoms with van der Waals surface area (Å²) in [5.41, 5.74) is -2.32. The second kappa shape index (κ2) is 5.67. The van der Waals surface area contributed by atoms with Gasteiger partial charge in [-0.1, -0.05) is 0 Å². The van der Waals surface area contributed by atoms with Crippen LogP contribution in [0.1, 0.15) is 20.3 Å². The van der Waals surface area contributed by atoms with Crippen molar-refractivity contribution in [2.24, 2.45) is 25.8 Å². The van der Waals surface area contributed by atoms with Gasteiger partial charge in [0.1, 0.15) is 5.54 Å². The number of nitrogens with zero attached hydrogens (tertiary/aromatic N) is 5. The van der Waals surface area contributed by atoms with Crippen molar-refractivity contribution in [3.8, 4) is 0 Å². The summed E-state index contributed by atoms with van der Waals surface area (Å²) in [5.74, 6) is -0.0429. The van der Waals surface area contributed by atoms with Crippen LogP contribution < -0.4 is 0 Å². The molecule has 2 atom stereocenters. The van der Waals surface area contributed by atoms with E-state index in [1.807, 2.05) is 0 Å². The maximum Gasteiger partial charge on any atom is 0.220 e. The SMILES string of the molecule is COC1=NC(=N)C(C)(N=NOO)CC1(C)N=NOO. The van der Waals surface area contributed by atoms with Crippen LogP contribution in [0.15, 0.2) is 25.8 Å². The van der Waals surface area contributed by atoms with E-state index < -0.39 is 11.1 Å². The van der Waals surface area contributed by atoms with E-state index in [0.717, 1.165) is 0 Å². The second-order valence-corrected chi connectivity index (χ2v) is 4.22. The lowest BCUT2D eigenvalue weighted by Gasteiger charge is -2.35. The Balaban J connectivity index is 3.19. The molecule has 2 unspecified atom stereocenters. The van der Waals surface area contributed by atoms with Crippen molar-refractivity contribution >= 4 is 11.7 Å². The van der Waals surface area contributed by atoms with Gasteiger partial charge in [0.05, 0.1) is 17.7 Å². The zero-order valence-corrected chi connectivity index (χ0v) is 10.6. The molecule has 0 aromatic heterocycles. The van der Waals surface area contributed by atoms with Gasteiger partial charge in [-0.2, -0.15) is 15.5 Å². The number of hydrogen-bond donors (Lipinski definition) is 3. The maximum absolute atomic E-state index is 8.22. The van der Waals surface area contributed by atoms with Crippen LogP contribution in [-0.2, 0) is 14.7 Å². The van der Waals surface area contributed by atoms with Crippen LogP contribution in [-0.4, -0.2) is 40.4 Å². The lowest BCUT2D eigenvalue weighted by molar-refractivity contribution is -0.253. The first kappa shape index (κ1) is 14.9. The van der Waals surface area contributed by atoms with Gasteiger partial charge in [0.2, 0.25) is 5.90 Å². The molecule has 0 radical (unpaired) electrons. The van der Waals surface area contributed by atoms with Crippen molar-refractivity contribution < 1.29 is 25.2 Å². The Morgan fingerprint density at radius 3 is 2.16 bits per heavy atom. The van der Waals surface area contributed by atoms with E-state index in [9.17, 15) is 0 Å². The van der Waals surface area contributed by atoms with E-state index in [-0.39, 0.29) is 18.2 Å². The van der Waals surface area contributed by atoms with Gasteiger partial charge >= 0.3 is 0 Å². The minimum atomic E-state index is -1.20. The largest absolute Gasteiger partial charge is 0.482 e. The van der Waals surface area contributed by atoms with Crippen molar-refractivity contribution in [2.45, 2.75) is 31.3 Å². The fourth-order valence-corrected chi connectivity index (χ4v) is 1.82. The Bertz CT molecular complexity index is 437. The zero-order chi connectivity index (χ0) is 14.5. The quantitative estimate of drug-likeness (QED) is 0.404. The van der Waals surface area contributed by atoms with E-state index in [1.54, 1.807) is 13.8 Å². The van der Waals surface area contributed by atoms with E-state index >= 15 is 0 Å². The number of nitrogens with one attached hydrogen (secondary N) is 1. The fourth-order valence-electron chi connectivity index (χ4n) is 1.82. The third-order valence-electron chi connectivity index (χ3n) is 2.66. The van der Waals surface area contributed by atoms with Crippen LogP contribution in [0.4, 0.5) is 0 Å². The van der Waals surface area contributed by atoms with E-state index in [1.165, 1.54) is 7.11 Å².